The highest BCUT2D eigenvalue weighted by atomic mass is 79.9. The molecule has 0 aliphatic heterocycles. The van der Waals surface area contributed by atoms with Gasteiger partial charge < -0.3 is 0 Å². The van der Waals surface area contributed by atoms with Crippen molar-refractivity contribution in [1.29, 1.82) is 0 Å². The van der Waals surface area contributed by atoms with E-state index < -0.39 is 0 Å². The fourth-order valence-electron chi connectivity index (χ4n) is 1.95. The number of hydrogen-bond acceptors (Lipinski definition) is 2. The van der Waals surface area contributed by atoms with Crippen molar-refractivity contribution in [2.24, 2.45) is 0 Å². The summed E-state index contributed by atoms with van der Waals surface area (Å²) in [5.41, 5.74) is 2.92. The third-order valence-corrected chi connectivity index (χ3v) is 3.50. The van der Waals surface area contributed by atoms with Crippen molar-refractivity contribution in [3.63, 3.8) is 0 Å². The normalized spacial score (nSPS) is 11.0. The van der Waals surface area contributed by atoms with E-state index in [0.29, 0.717) is 5.88 Å². The lowest BCUT2D eigenvalue weighted by Gasteiger charge is -2.07. The molecule has 5 heteroatoms. The summed E-state index contributed by atoms with van der Waals surface area (Å²) >= 11 is 9.40. The first-order chi connectivity index (χ1) is 8.79. The summed E-state index contributed by atoms with van der Waals surface area (Å²) in [6.07, 6.45) is 3.51. The topological polar surface area (TPSA) is 30.7 Å². The molecule has 2 heterocycles. The predicted octanol–water partition coefficient (Wildman–Crippen LogP) is 3.92. The van der Waals surface area contributed by atoms with E-state index in [9.17, 15) is 0 Å². The smallest absolute Gasteiger partial charge is 0.129 e. The lowest BCUT2D eigenvalue weighted by molar-refractivity contribution is 0.981. The number of nitrogens with zero attached hydrogens (tertiary/aromatic N) is 3. The van der Waals surface area contributed by atoms with Gasteiger partial charge in [-0.3, -0.25) is 9.55 Å². The van der Waals surface area contributed by atoms with Crippen LogP contribution in [0.4, 0.5) is 0 Å². The summed E-state index contributed by atoms with van der Waals surface area (Å²) in [4.78, 5) is 8.57. The van der Waals surface area contributed by atoms with E-state index in [2.05, 4.69) is 30.5 Å². The molecule has 0 atom stereocenters. The molecule has 3 aromatic rings. The van der Waals surface area contributed by atoms with Crippen molar-refractivity contribution in [1.82, 2.24) is 14.5 Å². The number of benzene rings is 1. The molecule has 0 unspecified atom stereocenters. The Labute approximate surface area is 118 Å². The molecule has 0 aliphatic rings. The first-order valence-corrected chi connectivity index (χ1v) is 6.75. The number of rotatable bonds is 2. The molecule has 3 rings (SSSR count). The maximum absolute atomic E-state index is 5.97. The second-order valence-electron chi connectivity index (χ2n) is 3.84. The summed E-state index contributed by atoms with van der Waals surface area (Å²) in [7, 11) is 0. The maximum Gasteiger partial charge on any atom is 0.129 e. The SMILES string of the molecule is ClCc1nc2cnccc2n1-c1ccc(Br)cc1. The van der Waals surface area contributed by atoms with E-state index in [1.807, 2.05) is 30.3 Å². The number of pyridine rings is 1. The average Bonchev–Trinajstić information content (AvgIpc) is 2.78. The van der Waals surface area contributed by atoms with E-state index in [-0.39, 0.29) is 0 Å². The highest BCUT2D eigenvalue weighted by molar-refractivity contribution is 9.10. The Morgan fingerprint density at radius 3 is 2.67 bits per heavy atom. The van der Waals surface area contributed by atoms with Gasteiger partial charge in [-0.25, -0.2) is 4.98 Å². The van der Waals surface area contributed by atoms with Gasteiger partial charge in [0.05, 0.1) is 17.6 Å². The molecule has 0 fully saturated rings. The quantitative estimate of drug-likeness (QED) is 0.669. The number of fused-ring (bicyclic) bond motifs is 1. The van der Waals surface area contributed by atoms with Gasteiger partial charge in [0, 0.05) is 16.4 Å². The van der Waals surface area contributed by atoms with Gasteiger partial charge in [0.15, 0.2) is 0 Å². The fourth-order valence-corrected chi connectivity index (χ4v) is 2.39. The van der Waals surface area contributed by atoms with Crippen LogP contribution in [0.1, 0.15) is 5.82 Å². The highest BCUT2D eigenvalue weighted by Gasteiger charge is 2.11. The van der Waals surface area contributed by atoms with E-state index in [1.54, 1.807) is 12.4 Å². The van der Waals surface area contributed by atoms with E-state index in [1.165, 1.54) is 0 Å². The standard InChI is InChI=1S/C13H9BrClN3/c14-9-1-3-10(4-2-9)18-12-5-6-16-8-11(12)17-13(18)7-15/h1-6,8H,7H2. The van der Waals surface area contributed by atoms with Crippen molar-refractivity contribution >= 4 is 38.6 Å². The first-order valence-electron chi connectivity index (χ1n) is 5.43. The maximum atomic E-state index is 5.97. The molecule has 0 N–H and O–H groups in total. The molecular weight excluding hydrogens is 314 g/mol. The third-order valence-electron chi connectivity index (χ3n) is 2.73. The zero-order valence-electron chi connectivity index (χ0n) is 9.35. The van der Waals surface area contributed by atoms with Crippen LogP contribution in [0.3, 0.4) is 0 Å². The van der Waals surface area contributed by atoms with Gasteiger partial charge in [-0.2, -0.15) is 0 Å². The zero-order chi connectivity index (χ0) is 12.5. The van der Waals surface area contributed by atoms with Crippen LogP contribution in [0.2, 0.25) is 0 Å². The minimum atomic E-state index is 0.366. The van der Waals surface area contributed by atoms with Crippen molar-refractivity contribution in [2.75, 3.05) is 0 Å². The van der Waals surface area contributed by atoms with Crippen molar-refractivity contribution in [2.45, 2.75) is 5.88 Å². The largest absolute Gasteiger partial charge is 0.295 e. The monoisotopic (exact) mass is 321 g/mol. The minimum absolute atomic E-state index is 0.366. The first kappa shape index (κ1) is 11.7. The summed E-state index contributed by atoms with van der Waals surface area (Å²) in [6, 6.07) is 10.0. The Hall–Kier alpha value is -1.39. The molecule has 0 saturated carbocycles. The lowest BCUT2D eigenvalue weighted by atomic mass is 10.3. The number of aromatic nitrogens is 3. The second-order valence-corrected chi connectivity index (χ2v) is 5.02. The van der Waals surface area contributed by atoms with E-state index in [0.717, 1.165) is 27.0 Å². The molecular formula is C13H9BrClN3. The van der Waals surface area contributed by atoms with E-state index >= 15 is 0 Å². The van der Waals surface area contributed by atoms with Crippen molar-refractivity contribution in [3.8, 4) is 5.69 Å². The van der Waals surface area contributed by atoms with Crippen LogP contribution in [0.25, 0.3) is 16.7 Å². The van der Waals surface area contributed by atoms with Crippen LogP contribution in [-0.4, -0.2) is 14.5 Å². The fraction of sp³-hybridized carbons (Fsp3) is 0.0769. The highest BCUT2D eigenvalue weighted by Crippen LogP contribution is 2.23. The zero-order valence-corrected chi connectivity index (χ0v) is 11.7. The van der Waals surface area contributed by atoms with Crippen LogP contribution in [0, 0.1) is 0 Å². The van der Waals surface area contributed by atoms with Gasteiger partial charge in [-0.05, 0) is 30.3 Å². The Morgan fingerprint density at radius 2 is 1.94 bits per heavy atom. The summed E-state index contributed by atoms with van der Waals surface area (Å²) < 4.78 is 3.10. The summed E-state index contributed by atoms with van der Waals surface area (Å²) in [6.45, 7) is 0. The van der Waals surface area contributed by atoms with Gasteiger partial charge in [0.1, 0.15) is 11.3 Å². The molecule has 0 spiro atoms. The van der Waals surface area contributed by atoms with Gasteiger partial charge >= 0.3 is 0 Å². The predicted molar refractivity (Wildman–Crippen MR) is 76.1 cm³/mol. The third kappa shape index (κ3) is 1.91. The molecule has 2 aromatic heterocycles. The van der Waals surface area contributed by atoms with Crippen LogP contribution in [0.5, 0.6) is 0 Å². The number of alkyl halides is 1. The number of halogens is 2. The van der Waals surface area contributed by atoms with E-state index in [4.69, 9.17) is 11.6 Å². The Kier molecular flexibility index (Phi) is 3.06. The molecule has 1 aromatic carbocycles. The second kappa shape index (κ2) is 4.71. The van der Waals surface area contributed by atoms with Gasteiger partial charge in [0.25, 0.3) is 0 Å². The Balaban J connectivity index is 2.29. The molecule has 0 bridgehead atoms. The Morgan fingerprint density at radius 1 is 1.17 bits per heavy atom. The number of hydrogen-bond donors (Lipinski definition) is 0. The lowest BCUT2D eigenvalue weighted by Crippen LogP contribution is -1.98. The molecule has 3 nitrogen and oxygen atoms in total. The van der Waals surface area contributed by atoms with Crippen molar-refractivity contribution in [3.05, 3.63) is 53.0 Å². The average molecular weight is 323 g/mol. The van der Waals surface area contributed by atoms with Gasteiger partial charge in [-0.15, -0.1) is 11.6 Å². The number of imidazole rings is 1. The van der Waals surface area contributed by atoms with Crippen LogP contribution in [-0.2, 0) is 5.88 Å². The summed E-state index contributed by atoms with van der Waals surface area (Å²) in [5.74, 6) is 1.19. The molecule has 18 heavy (non-hydrogen) atoms. The minimum Gasteiger partial charge on any atom is -0.295 e. The molecule has 90 valence electrons. The Bertz CT molecular complexity index is 691. The van der Waals surface area contributed by atoms with Crippen LogP contribution < -0.4 is 0 Å². The molecule has 0 radical (unpaired) electrons. The van der Waals surface area contributed by atoms with Crippen LogP contribution >= 0.6 is 27.5 Å². The van der Waals surface area contributed by atoms with Gasteiger partial charge in [-0.1, -0.05) is 15.9 Å². The van der Waals surface area contributed by atoms with Gasteiger partial charge in [0.2, 0.25) is 0 Å². The molecule has 0 aliphatic carbocycles. The van der Waals surface area contributed by atoms with Crippen molar-refractivity contribution < 1.29 is 0 Å². The molecule has 0 amide bonds. The summed E-state index contributed by atoms with van der Waals surface area (Å²) in [5, 5.41) is 0. The van der Waals surface area contributed by atoms with Crippen LogP contribution in [0.15, 0.2) is 47.2 Å². The molecule has 0 saturated heterocycles.